The minimum absolute atomic E-state index is 0.145. The Bertz CT molecular complexity index is 712. The van der Waals surface area contributed by atoms with Crippen LogP contribution in [0.2, 0.25) is 0 Å². The van der Waals surface area contributed by atoms with E-state index in [1.165, 1.54) is 0 Å². The van der Waals surface area contributed by atoms with Crippen molar-refractivity contribution in [1.82, 2.24) is 0 Å². The third-order valence-electron chi connectivity index (χ3n) is 3.38. The normalized spacial score (nSPS) is 11.3. The highest BCUT2D eigenvalue weighted by Gasteiger charge is 2.04. The van der Waals surface area contributed by atoms with E-state index < -0.39 is 0 Å². The van der Waals surface area contributed by atoms with Crippen LogP contribution in [-0.4, -0.2) is 26.3 Å². The van der Waals surface area contributed by atoms with Gasteiger partial charge in [-0.1, -0.05) is 6.07 Å². The summed E-state index contributed by atoms with van der Waals surface area (Å²) in [5.41, 5.74) is 7.78. The molecule has 0 saturated heterocycles. The quantitative estimate of drug-likeness (QED) is 0.595. The fraction of sp³-hybridized carbons (Fsp3) is 0.316. The summed E-state index contributed by atoms with van der Waals surface area (Å²) in [5, 5.41) is 3.06. The predicted octanol–water partition coefficient (Wildman–Crippen LogP) is 3.42. The highest BCUT2D eigenvalue weighted by molar-refractivity contribution is 5.92. The summed E-state index contributed by atoms with van der Waals surface area (Å²) in [4.78, 5) is 4.35. The van der Waals surface area contributed by atoms with Gasteiger partial charge in [0.1, 0.15) is 5.75 Å². The molecule has 2 aromatic rings. The topological polar surface area (TPSA) is 78.1 Å². The zero-order valence-electron chi connectivity index (χ0n) is 15.1. The van der Waals surface area contributed by atoms with Gasteiger partial charge in [0.15, 0.2) is 17.5 Å². The Kier molecular flexibility index (Phi) is 6.51. The second kappa shape index (κ2) is 8.82. The standard InChI is InChI=1S/C19H25N3O3/c1-13(2)25-16-8-6-15(7-9-16)22-19(20)21-12-14-5-10-17(23-3)18(11-14)24-4/h5-11,13H,12H2,1-4H3,(H3,20,21,22). The average molecular weight is 343 g/mol. The molecule has 0 aliphatic carbocycles. The van der Waals surface area contributed by atoms with Crippen LogP contribution >= 0.6 is 0 Å². The van der Waals surface area contributed by atoms with Gasteiger partial charge < -0.3 is 25.3 Å². The largest absolute Gasteiger partial charge is 0.493 e. The third kappa shape index (κ3) is 5.60. The molecule has 0 aromatic heterocycles. The number of ether oxygens (including phenoxy) is 3. The molecule has 2 aromatic carbocycles. The fourth-order valence-corrected chi connectivity index (χ4v) is 2.23. The lowest BCUT2D eigenvalue weighted by atomic mass is 10.2. The van der Waals surface area contributed by atoms with Crippen molar-refractivity contribution in [2.45, 2.75) is 26.5 Å². The minimum atomic E-state index is 0.145. The Labute approximate surface area is 148 Å². The van der Waals surface area contributed by atoms with E-state index in [-0.39, 0.29) is 6.10 Å². The third-order valence-corrected chi connectivity index (χ3v) is 3.38. The molecule has 134 valence electrons. The lowest BCUT2D eigenvalue weighted by molar-refractivity contribution is 0.242. The van der Waals surface area contributed by atoms with E-state index in [1.54, 1.807) is 14.2 Å². The number of guanidine groups is 1. The van der Waals surface area contributed by atoms with Crippen molar-refractivity contribution in [2.24, 2.45) is 10.7 Å². The number of methoxy groups -OCH3 is 2. The van der Waals surface area contributed by atoms with Crippen molar-refractivity contribution >= 4 is 11.6 Å². The monoisotopic (exact) mass is 343 g/mol. The highest BCUT2D eigenvalue weighted by Crippen LogP contribution is 2.27. The van der Waals surface area contributed by atoms with Crippen LogP contribution in [0.5, 0.6) is 17.2 Å². The van der Waals surface area contributed by atoms with Crippen molar-refractivity contribution in [3.63, 3.8) is 0 Å². The molecule has 0 saturated carbocycles. The first-order chi connectivity index (χ1) is 12.0. The molecule has 0 aliphatic heterocycles. The molecule has 0 fully saturated rings. The van der Waals surface area contributed by atoms with E-state index in [1.807, 2.05) is 56.3 Å². The highest BCUT2D eigenvalue weighted by atomic mass is 16.5. The molecular formula is C19H25N3O3. The van der Waals surface area contributed by atoms with Crippen molar-refractivity contribution in [1.29, 1.82) is 0 Å². The van der Waals surface area contributed by atoms with Crippen LogP contribution in [0.25, 0.3) is 0 Å². The molecule has 25 heavy (non-hydrogen) atoms. The molecule has 0 atom stereocenters. The zero-order valence-corrected chi connectivity index (χ0v) is 15.1. The number of anilines is 1. The first-order valence-electron chi connectivity index (χ1n) is 8.06. The maximum absolute atomic E-state index is 5.95. The van der Waals surface area contributed by atoms with Crippen LogP contribution in [0, 0.1) is 0 Å². The zero-order chi connectivity index (χ0) is 18.2. The van der Waals surface area contributed by atoms with Gasteiger partial charge in [-0.15, -0.1) is 0 Å². The number of nitrogens with two attached hydrogens (primary N) is 1. The van der Waals surface area contributed by atoms with Crippen molar-refractivity contribution in [2.75, 3.05) is 19.5 Å². The Morgan fingerprint density at radius 3 is 2.32 bits per heavy atom. The molecule has 0 heterocycles. The average Bonchev–Trinajstić information content (AvgIpc) is 2.61. The molecule has 0 spiro atoms. The Balaban J connectivity index is 1.97. The van der Waals surface area contributed by atoms with Crippen LogP contribution in [0.4, 0.5) is 5.69 Å². The molecule has 0 amide bonds. The molecule has 6 nitrogen and oxygen atoms in total. The van der Waals surface area contributed by atoms with Crippen LogP contribution < -0.4 is 25.3 Å². The Morgan fingerprint density at radius 2 is 1.72 bits per heavy atom. The summed E-state index contributed by atoms with van der Waals surface area (Å²) in [6, 6.07) is 13.2. The molecule has 0 unspecified atom stereocenters. The predicted molar refractivity (Wildman–Crippen MR) is 101 cm³/mol. The summed E-state index contributed by atoms with van der Waals surface area (Å²) in [6.07, 6.45) is 0.145. The molecule has 0 radical (unpaired) electrons. The Morgan fingerprint density at radius 1 is 1.04 bits per heavy atom. The summed E-state index contributed by atoms with van der Waals surface area (Å²) in [5.74, 6) is 2.52. The summed E-state index contributed by atoms with van der Waals surface area (Å²) >= 11 is 0. The smallest absolute Gasteiger partial charge is 0.193 e. The number of hydrogen-bond acceptors (Lipinski definition) is 4. The van der Waals surface area contributed by atoms with Gasteiger partial charge >= 0.3 is 0 Å². The second-order valence-corrected chi connectivity index (χ2v) is 5.71. The lowest BCUT2D eigenvalue weighted by Crippen LogP contribution is -2.22. The van der Waals surface area contributed by atoms with E-state index in [0.717, 1.165) is 17.0 Å². The van der Waals surface area contributed by atoms with Crippen LogP contribution in [0.3, 0.4) is 0 Å². The molecule has 6 heteroatoms. The van der Waals surface area contributed by atoms with Gasteiger partial charge in [0, 0.05) is 5.69 Å². The lowest BCUT2D eigenvalue weighted by Gasteiger charge is -2.11. The summed E-state index contributed by atoms with van der Waals surface area (Å²) in [7, 11) is 3.21. The number of aliphatic imine (C=N–C) groups is 1. The first kappa shape index (κ1) is 18.4. The molecule has 0 aliphatic rings. The van der Waals surface area contributed by atoms with E-state index in [2.05, 4.69) is 10.3 Å². The van der Waals surface area contributed by atoms with Gasteiger partial charge in [-0.25, -0.2) is 4.99 Å². The number of rotatable bonds is 7. The van der Waals surface area contributed by atoms with E-state index >= 15 is 0 Å². The number of benzene rings is 2. The number of nitrogens with one attached hydrogen (secondary N) is 1. The van der Waals surface area contributed by atoms with E-state index in [4.69, 9.17) is 19.9 Å². The maximum atomic E-state index is 5.95. The van der Waals surface area contributed by atoms with Gasteiger partial charge in [0.25, 0.3) is 0 Å². The van der Waals surface area contributed by atoms with Crippen LogP contribution in [-0.2, 0) is 6.54 Å². The second-order valence-electron chi connectivity index (χ2n) is 5.71. The fourth-order valence-electron chi connectivity index (χ4n) is 2.23. The molecular weight excluding hydrogens is 318 g/mol. The van der Waals surface area contributed by atoms with Gasteiger partial charge in [-0.3, -0.25) is 0 Å². The van der Waals surface area contributed by atoms with E-state index in [9.17, 15) is 0 Å². The van der Waals surface area contributed by atoms with Gasteiger partial charge in [-0.05, 0) is 55.8 Å². The van der Waals surface area contributed by atoms with Crippen molar-refractivity contribution < 1.29 is 14.2 Å². The van der Waals surface area contributed by atoms with Crippen molar-refractivity contribution in [3.05, 3.63) is 48.0 Å². The van der Waals surface area contributed by atoms with Crippen molar-refractivity contribution in [3.8, 4) is 17.2 Å². The number of nitrogens with zero attached hydrogens (tertiary/aromatic N) is 1. The van der Waals surface area contributed by atoms with Gasteiger partial charge in [0.2, 0.25) is 0 Å². The molecule has 2 rings (SSSR count). The molecule has 3 N–H and O–H groups in total. The van der Waals surface area contributed by atoms with Gasteiger partial charge in [-0.2, -0.15) is 0 Å². The Hall–Kier alpha value is -2.89. The first-order valence-corrected chi connectivity index (χ1v) is 8.06. The molecule has 0 bridgehead atoms. The summed E-state index contributed by atoms with van der Waals surface area (Å²) < 4.78 is 16.1. The maximum Gasteiger partial charge on any atom is 0.193 e. The van der Waals surface area contributed by atoms with Crippen LogP contribution in [0.15, 0.2) is 47.5 Å². The SMILES string of the molecule is COc1ccc(CN=C(N)Nc2ccc(OC(C)C)cc2)cc1OC. The van der Waals surface area contributed by atoms with Crippen LogP contribution in [0.1, 0.15) is 19.4 Å². The van der Waals surface area contributed by atoms with Gasteiger partial charge in [0.05, 0.1) is 26.9 Å². The minimum Gasteiger partial charge on any atom is -0.493 e. The summed E-state index contributed by atoms with van der Waals surface area (Å²) in [6.45, 7) is 4.42. The van der Waals surface area contributed by atoms with E-state index in [0.29, 0.717) is 24.0 Å². The number of hydrogen-bond donors (Lipinski definition) is 2.